The molecule has 1 aliphatic rings. The van der Waals surface area contributed by atoms with Crippen LogP contribution in [0.2, 0.25) is 5.02 Å². The van der Waals surface area contributed by atoms with Crippen LogP contribution in [0.25, 0.3) is 0 Å². The molecule has 2 aromatic carbocycles. The second kappa shape index (κ2) is 9.05. The van der Waals surface area contributed by atoms with Crippen LogP contribution in [-0.4, -0.2) is 44.9 Å². The zero-order chi connectivity index (χ0) is 20.1. The molecular formula is C20H23ClN2O4S. The topological polar surface area (TPSA) is 75.7 Å². The van der Waals surface area contributed by atoms with Crippen LogP contribution in [0.1, 0.15) is 17.5 Å². The van der Waals surface area contributed by atoms with Crippen LogP contribution in [0.4, 0.5) is 5.69 Å². The van der Waals surface area contributed by atoms with Gasteiger partial charge in [-0.15, -0.1) is 0 Å². The SMILES string of the molecule is Cc1ccc(CCC(=O)Nc2cc(S(=O)(=O)N3CCOCC3)ccc2Cl)cc1. The molecule has 8 heteroatoms. The van der Waals surface area contributed by atoms with Crippen molar-refractivity contribution in [1.29, 1.82) is 0 Å². The molecule has 1 saturated heterocycles. The lowest BCUT2D eigenvalue weighted by Gasteiger charge is -2.26. The Morgan fingerprint density at radius 2 is 1.82 bits per heavy atom. The van der Waals surface area contributed by atoms with Crippen LogP contribution in [0.3, 0.4) is 0 Å². The fraction of sp³-hybridized carbons (Fsp3) is 0.350. The highest BCUT2D eigenvalue weighted by molar-refractivity contribution is 7.89. The van der Waals surface area contributed by atoms with E-state index >= 15 is 0 Å². The summed E-state index contributed by atoms with van der Waals surface area (Å²) in [7, 11) is -3.65. The van der Waals surface area contributed by atoms with Crippen molar-refractivity contribution in [1.82, 2.24) is 4.31 Å². The Balaban J connectivity index is 1.68. The van der Waals surface area contributed by atoms with Gasteiger partial charge in [0.05, 0.1) is 28.8 Å². The van der Waals surface area contributed by atoms with Crippen molar-refractivity contribution in [2.24, 2.45) is 0 Å². The highest BCUT2D eigenvalue weighted by Crippen LogP contribution is 2.27. The Hall–Kier alpha value is -1.93. The van der Waals surface area contributed by atoms with Gasteiger partial charge in [-0.1, -0.05) is 41.4 Å². The van der Waals surface area contributed by atoms with Gasteiger partial charge in [-0.05, 0) is 37.1 Å². The Morgan fingerprint density at radius 3 is 2.50 bits per heavy atom. The van der Waals surface area contributed by atoms with E-state index in [0.717, 1.165) is 5.56 Å². The van der Waals surface area contributed by atoms with Gasteiger partial charge in [0.2, 0.25) is 15.9 Å². The van der Waals surface area contributed by atoms with Crippen LogP contribution in [-0.2, 0) is 26.0 Å². The highest BCUT2D eigenvalue weighted by Gasteiger charge is 2.27. The van der Waals surface area contributed by atoms with Crippen molar-refractivity contribution < 1.29 is 17.9 Å². The van der Waals surface area contributed by atoms with Gasteiger partial charge in [0.25, 0.3) is 0 Å². The third-order valence-corrected chi connectivity index (χ3v) is 6.81. The monoisotopic (exact) mass is 422 g/mol. The molecule has 1 N–H and O–H groups in total. The molecule has 6 nitrogen and oxygen atoms in total. The maximum Gasteiger partial charge on any atom is 0.243 e. The minimum absolute atomic E-state index is 0.104. The average Bonchev–Trinajstić information content (AvgIpc) is 2.70. The number of nitrogens with zero attached hydrogens (tertiary/aromatic N) is 1. The summed E-state index contributed by atoms with van der Waals surface area (Å²) in [6.07, 6.45) is 0.870. The zero-order valence-electron chi connectivity index (χ0n) is 15.7. The van der Waals surface area contributed by atoms with Crippen molar-refractivity contribution in [2.45, 2.75) is 24.7 Å². The van der Waals surface area contributed by atoms with Gasteiger partial charge in [-0.3, -0.25) is 4.79 Å². The number of aryl methyl sites for hydroxylation is 2. The molecule has 1 aliphatic heterocycles. The molecule has 0 bridgehead atoms. The largest absolute Gasteiger partial charge is 0.379 e. The van der Waals surface area contributed by atoms with E-state index in [-0.39, 0.29) is 17.2 Å². The van der Waals surface area contributed by atoms with E-state index in [1.54, 1.807) is 0 Å². The predicted molar refractivity (Wildman–Crippen MR) is 109 cm³/mol. The van der Waals surface area contributed by atoms with Crippen LogP contribution >= 0.6 is 11.6 Å². The maximum atomic E-state index is 12.8. The van der Waals surface area contributed by atoms with Crippen molar-refractivity contribution in [3.63, 3.8) is 0 Å². The summed E-state index contributed by atoms with van der Waals surface area (Å²) in [5.41, 5.74) is 2.53. The van der Waals surface area contributed by atoms with Crippen molar-refractivity contribution in [2.75, 3.05) is 31.6 Å². The average molecular weight is 423 g/mol. The summed E-state index contributed by atoms with van der Waals surface area (Å²) >= 11 is 6.17. The first-order chi connectivity index (χ1) is 13.4. The molecule has 0 aromatic heterocycles. The lowest BCUT2D eigenvalue weighted by atomic mass is 10.1. The molecule has 28 heavy (non-hydrogen) atoms. The van der Waals surface area contributed by atoms with E-state index in [1.165, 1.54) is 28.1 Å². The summed E-state index contributed by atoms with van der Waals surface area (Å²) < 4.78 is 32.2. The molecular weight excluding hydrogens is 400 g/mol. The summed E-state index contributed by atoms with van der Waals surface area (Å²) in [5.74, 6) is -0.219. The van der Waals surface area contributed by atoms with E-state index in [9.17, 15) is 13.2 Å². The molecule has 3 rings (SSSR count). The summed E-state index contributed by atoms with van der Waals surface area (Å²) in [4.78, 5) is 12.4. The van der Waals surface area contributed by atoms with Gasteiger partial charge < -0.3 is 10.1 Å². The van der Waals surface area contributed by atoms with Crippen molar-refractivity contribution in [3.8, 4) is 0 Å². The highest BCUT2D eigenvalue weighted by atomic mass is 35.5. The lowest BCUT2D eigenvalue weighted by Crippen LogP contribution is -2.40. The Morgan fingerprint density at radius 1 is 1.14 bits per heavy atom. The second-order valence-corrected chi connectivity index (χ2v) is 9.04. The van der Waals surface area contributed by atoms with E-state index < -0.39 is 10.0 Å². The molecule has 2 aromatic rings. The molecule has 0 saturated carbocycles. The molecule has 1 amide bonds. The number of hydrogen-bond acceptors (Lipinski definition) is 4. The first kappa shape index (κ1) is 20.8. The van der Waals surface area contributed by atoms with Crippen LogP contribution in [0.15, 0.2) is 47.4 Å². The molecule has 150 valence electrons. The predicted octanol–water partition coefficient (Wildman–Crippen LogP) is 3.24. The van der Waals surface area contributed by atoms with Gasteiger partial charge in [-0.25, -0.2) is 8.42 Å². The summed E-state index contributed by atoms with van der Waals surface area (Å²) in [5, 5.41) is 3.02. The number of halogens is 1. The summed E-state index contributed by atoms with van der Waals surface area (Å²) in [6.45, 7) is 3.37. The fourth-order valence-electron chi connectivity index (χ4n) is 2.92. The van der Waals surface area contributed by atoms with Gasteiger partial charge in [0.1, 0.15) is 0 Å². The van der Waals surface area contributed by atoms with E-state index in [0.29, 0.717) is 43.4 Å². The minimum Gasteiger partial charge on any atom is -0.379 e. The number of carbonyl (C=O) groups is 1. The van der Waals surface area contributed by atoms with Crippen LogP contribution < -0.4 is 5.32 Å². The third-order valence-electron chi connectivity index (χ3n) is 4.58. The summed E-state index contributed by atoms with van der Waals surface area (Å²) in [6, 6.07) is 12.3. The molecule has 0 radical (unpaired) electrons. The number of rotatable bonds is 6. The second-order valence-electron chi connectivity index (χ2n) is 6.69. The normalized spacial score (nSPS) is 15.4. The zero-order valence-corrected chi connectivity index (χ0v) is 17.2. The Labute approximate surface area is 170 Å². The van der Waals surface area contributed by atoms with Gasteiger partial charge in [-0.2, -0.15) is 4.31 Å². The van der Waals surface area contributed by atoms with Crippen LogP contribution in [0, 0.1) is 6.92 Å². The molecule has 1 heterocycles. The number of carbonyl (C=O) groups excluding carboxylic acids is 1. The maximum absolute atomic E-state index is 12.8. The number of benzene rings is 2. The molecule has 0 atom stereocenters. The van der Waals surface area contributed by atoms with E-state index in [1.807, 2.05) is 31.2 Å². The van der Waals surface area contributed by atoms with Gasteiger partial charge >= 0.3 is 0 Å². The first-order valence-electron chi connectivity index (χ1n) is 9.09. The Bertz CT molecular complexity index is 939. The van der Waals surface area contributed by atoms with Crippen molar-refractivity contribution >= 4 is 33.2 Å². The number of sulfonamides is 1. The van der Waals surface area contributed by atoms with Gasteiger partial charge in [0.15, 0.2) is 0 Å². The molecule has 1 fully saturated rings. The number of morpholine rings is 1. The van der Waals surface area contributed by atoms with Crippen LogP contribution in [0.5, 0.6) is 0 Å². The third kappa shape index (κ3) is 5.11. The lowest BCUT2D eigenvalue weighted by molar-refractivity contribution is -0.116. The van der Waals surface area contributed by atoms with Gasteiger partial charge in [0, 0.05) is 19.5 Å². The van der Waals surface area contributed by atoms with Crippen molar-refractivity contribution in [3.05, 3.63) is 58.6 Å². The van der Waals surface area contributed by atoms with E-state index in [2.05, 4.69) is 5.32 Å². The minimum atomic E-state index is -3.65. The fourth-order valence-corrected chi connectivity index (χ4v) is 4.52. The first-order valence-corrected chi connectivity index (χ1v) is 10.9. The smallest absolute Gasteiger partial charge is 0.243 e. The number of nitrogens with one attached hydrogen (secondary N) is 1. The molecule has 0 spiro atoms. The molecule has 0 unspecified atom stereocenters. The number of anilines is 1. The number of amides is 1. The quantitative estimate of drug-likeness (QED) is 0.775. The van der Waals surface area contributed by atoms with E-state index in [4.69, 9.17) is 16.3 Å². The standard InChI is InChI=1S/C20H23ClN2O4S/c1-15-2-4-16(5-3-15)6-9-20(24)22-19-14-17(7-8-18(19)21)28(25,26)23-10-12-27-13-11-23/h2-5,7-8,14H,6,9-13H2,1H3,(H,22,24). The Kier molecular flexibility index (Phi) is 6.72. The number of ether oxygens (including phenoxy) is 1. The molecule has 0 aliphatic carbocycles. The number of hydrogen-bond donors (Lipinski definition) is 1.